The molecule has 0 aliphatic carbocycles. The quantitative estimate of drug-likeness (QED) is 0.281. The Morgan fingerprint density at radius 1 is 1.36 bits per heavy atom. The zero-order valence-electron chi connectivity index (χ0n) is 15.1. The van der Waals surface area contributed by atoms with E-state index in [9.17, 15) is 0 Å². The smallest absolute Gasteiger partial charge is 0.191 e. The molecule has 0 spiro atoms. The third-order valence-corrected chi connectivity index (χ3v) is 5.94. The summed E-state index contributed by atoms with van der Waals surface area (Å²) < 4.78 is 6.55. The van der Waals surface area contributed by atoms with Crippen LogP contribution in [0.3, 0.4) is 0 Å². The van der Waals surface area contributed by atoms with Gasteiger partial charge >= 0.3 is 0 Å². The molecule has 2 rings (SSSR count). The topological polar surface area (TPSA) is 75.3 Å². The van der Waals surface area contributed by atoms with Gasteiger partial charge in [-0.1, -0.05) is 30.8 Å². The van der Waals surface area contributed by atoms with E-state index in [0.717, 1.165) is 53.3 Å². The Morgan fingerprint density at radius 3 is 2.88 bits per heavy atom. The Kier molecular flexibility index (Phi) is 8.82. The van der Waals surface area contributed by atoms with E-state index in [-0.39, 0.29) is 0 Å². The van der Waals surface area contributed by atoms with Crippen LogP contribution in [-0.2, 0) is 6.54 Å². The fourth-order valence-electron chi connectivity index (χ4n) is 2.42. The summed E-state index contributed by atoms with van der Waals surface area (Å²) in [6.07, 6.45) is 5.05. The molecule has 6 nitrogen and oxygen atoms in total. The van der Waals surface area contributed by atoms with Crippen LogP contribution in [0.4, 0.5) is 0 Å². The van der Waals surface area contributed by atoms with Crippen molar-refractivity contribution in [2.45, 2.75) is 49.9 Å². The molecular formula is C17H27N5OS2. The van der Waals surface area contributed by atoms with E-state index in [1.807, 2.05) is 17.6 Å². The first-order valence-corrected chi connectivity index (χ1v) is 10.6. The van der Waals surface area contributed by atoms with E-state index >= 15 is 0 Å². The predicted octanol–water partition coefficient (Wildman–Crippen LogP) is 3.88. The molecule has 0 aliphatic heterocycles. The fourth-order valence-corrected chi connectivity index (χ4v) is 4.07. The molecule has 0 saturated carbocycles. The molecule has 0 bridgehead atoms. The summed E-state index contributed by atoms with van der Waals surface area (Å²) >= 11 is 3.47. The van der Waals surface area contributed by atoms with Gasteiger partial charge in [0.1, 0.15) is 4.34 Å². The Hall–Kier alpha value is -1.54. The van der Waals surface area contributed by atoms with Crippen LogP contribution in [0.2, 0.25) is 0 Å². The summed E-state index contributed by atoms with van der Waals surface area (Å²) in [5.41, 5.74) is 1.05. The standard InChI is InChI=1S/C17H27N5OS2/c1-4-13(5-2)15-11-14(23-22-15)12-21-16(18-3)19-7-6-9-24-17-20-8-10-25-17/h8,10-11,13H,4-7,9,12H2,1-3H3,(H2,18,19,21). The normalized spacial score (nSPS) is 11.9. The molecule has 2 aromatic rings. The number of aliphatic imine (C=N–C) groups is 1. The lowest BCUT2D eigenvalue weighted by molar-refractivity contribution is 0.368. The van der Waals surface area contributed by atoms with E-state index < -0.39 is 0 Å². The Labute approximate surface area is 157 Å². The molecule has 25 heavy (non-hydrogen) atoms. The van der Waals surface area contributed by atoms with Crippen LogP contribution in [-0.4, -0.2) is 35.4 Å². The minimum absolute atomic E-state index is 0.477. The Morgan fingerprint density at radius 2 is 2.20 bits per heavy atom. The molecule has 138 valence electrons. The molecule has 0 fully saturated rings. The number of thiazole rings is 1. The average Bonchev–Trinajstić information content (AvgIpc) is 3.30. The second-order valence-corrected chi connectivity index (χ2v) is 7.82. The first-order chi connectivity index (χ1) is 12.3. The van der Waals surface area contributed by atoms with Gasteiger partial charge in [0, 0.05) is 42.9 Å². The lowest BCUT2D eigenvalue weighted by atomic mass is 9.99. The third kappa shape index (κ3) is 6.70. The van der Waals surface area contributed by atoms with Crippen molar-refractivity contribution in [1.29, 1.82) is 0 Å². The zero-order valence-corrected chi connectivity index (χ0v) is 16.8. The second kappa shape index (κ2) is 11.1. The van der Waals surface area contributed by atoms with Crippen LogP contribution >= 0.6 is 23.1 Å². The van der Waals surface area contributed by atoms with Crippen molar-refractivity contribution < 1.29 is 4.52 Å². The molecule has 0 atom stereocenters. The zero-order chi connectivity index (χ0) is 17.9. The van der Waals surface area contributed by atoms with Gasteiger partial charge in [-0.05, 0) is 19.3 Å². The molecule has 0 aromatic carbocycles. The number of guanidine groups is 1. The Bertz CT molecular complexity index is 623. The lowest BCUT2D eigenvalue weighted by Crippen LogP contribution is -2.37. The molecular weight excluding hydrogens is 354 g/mol. The second-order valence-electron chi connectivity index (χ2n) is 5.58. The molecule has 0 saturated heterocycles. The number of rotatable bonds is 10. The summed E-state index contributed by atoms with van der Waals surface area (Å²) in [7, 11) is 1.77. The molecule has 0 amide bonds. The molecule has 0 aliphatic rings. The maximum absolute atomic E-state index is 5.42. The Balaban J connectivity index is 1.66. The highest BCUT2D eigenvalue weighted by Crippen LogP contribution is 2.22. The number of nitrogens with zero attached hydrogens (tertiary/aromatic N) is 3. The van der Waals surface area contributed by atoms with E-state index in [4.69, 9.17) is 4.52 Å². The van der Waals surface area contributed by atoms with Crippen molar-refractivity contribution in [3.05, 3.63) is 29.1 Å². The maximum atomic E-state index is 5.42. The summed E-state index contributed by atoms with van der Waals surface area (Å²) in [5, 5.41) is 12.8. The van der Waals surface area contributed by atoms with Gasteiger partial charge in [0.2, 0.25) is 0 Å². The SMILES string of the molecule is CCC(CC)c1cc(CNC(=NC)NCCCSc2nccs2)on1. The number of hydrogen-bond donors (Lipinski definition) is 2. The number of aromatic nitrogens is 2. The summed E-state index contributed by atoms with van der Waals surface area (Å²) in [5.74, 6) is 3.13. The largest absolute Gasteiger partial charge is 0.359 e. The minimum atomic E-state index is 0.477. The van der Waals surface area contributed by atoms with Crippen molar-refractivity contribution in [1.82, 2.24) is 20.8 Å². The monoisotopic (exact) mass is 381 g/mol. The van der Waals surface area contributed by atoms with Gasteiger partial charge in [-0.25, -0.2) is 4.98 Å². The van der Waals surface area contributed by atoms with Crippen molar-refractivity contribution in [3.63, 3.8) is 0 Å². The van der Waals surface area contributed by atoms with Crippen LogP contribution in [0, 0.1) is 0 Å². The average molecular weight is 382 g/mol. The van der Waals surface area contributed by atoms with Crippen molar-refractivity contribution in [2.24, 2.45) is 4.99 Å². The van der Waals surface area contributed by atoms with Gasteiger partial charge in [0.05, 0.1) is 12.2 Å². The first-order valence-electron chi connectivity index (χ1n) is 8.69. The maximum Gasteiger partial charge on any atom is 0.191 e. The van der Waals surface area contributed by atoms with E-state index in [1.165, 1.54) is 0 Å². The van der Waals surface area contributed by atoms with E-state index in [2.05, 4.69) is 39.6 Å². The van der Waals surface area contributed by atoms with Crippen LogP contribution in [0.5, 0.6) is 0 Å². The highest BCUT2D eigenvalue weighted by Gasteiger charge is 2.13. The molecule has 2 heterocycles. The minimum Gasteiger partial charge on any atom is -0.359 e. The molecule has 2 aromatic heterocycles. The molecule has 2 N–H and O–H groups in total. The summed E-state index contributed by atoms with van der Waals surface area (Å²) in [4.78, 5) is 8.50. The van der Waals surface area contributed by atoms with Crippen molar-refractivity contribution >= 4 is 29.1 Å². The number of thioether (sulfide) groups is 1. The third-order valence-electron chi connectivity index (χ3n) is 3.88. The molecule has 0 radical (unpaired) electrons. The van der Waals surface area contributed by atoms with Crippen LogP contribution in [0.1, 0.15) is 50.5 Å². The fraction of sp³-hybridized carbons (Fsp3) is 0.588. The van der Waals surface area contributed by atoms with Crippen molar-refractivity contribution in [3.8, 4) is 0 Å². The van der Waals surface area contributed by atoms with E-state index in [1.54, 1.807) is 30.1 Å². The van der Waals surface area contributed by atoms with Gasteiger partial charge in [0.15, 0.2) is 11.7 Å². The molecule has 8 heteroatoms. The van der Waals surface area contributed by atoms with Crippen molar-refractivity contribution in [2.75, 3.05) is 19.3 Å². The van der Waals surface area contributed by atoms with Gasteiger partial charge in [-0.2, -0.15) is 0 Å². The highest BCUT2D eigenvalue weighted by atomic mass is 32.2. The van der Waals surface area contributed by atoms with E-state index in [0.29, 0.717) is 12.5 Å². The summed E-state index contributed by atoms with van der Waals surface area (Å²) in [6.45, 7) is 5.81. The number of hydrogen-bond acceptors (Lipinski definition) is 6. The van der Waals surface area contributed by atoms with Gasteiger partial charge in [-0.3, -0.25) is 4.99 Å². The van der Waals surface area contributed by atoms with Crippen LogP contribution in [0.15, 0.2) is 31.5 Å². The highest BCUT2D eigenvalue weighted by molar-refractivity contribution is 8.00. The van der Waals surface area contributed by atoms with Gasteiger partial charge in [0.25, 0.3) is 0 Å². The van der Waals surface area contributed by atoms with Crippen LogP contribution in [0.25, 0.3) is 0 Å². The predicted molar refractivity (Wildman–Crippen MR) is 105 cm³/mol. The molecule has 0 unspecified atom stereocenters. The first kappa shape index (κ1) is 19.8. The summed E-state index contributed by atoms with van der Waals surface area (Å²) in [6, 6.07) is 2.04. The van der Waals surface area contributed by atoms with Crippen LogP contribution < -0.4 is 10.6 Å². The number of nitrogens with one attached hydrogen (secondary N) is 2. The van der Waals surface area contributed by atoms with Gasteiger partial charge in [-0.15, -0.1) is 11.3 Å². The van der Waals surface area contributed by atoms with Gasteiger partial charge < -0.3 is 15.2 Å². The lowest BCUT2D eigenvalue weighted by Gasteiger charge is -2.10.